The molecule has 0 saturated heterocycles. The van der Waals surface area contributed by atoms with Crippen molar-refractivity contribution in [2.24, 2.45) is 5.92 Å². The highest BCUT2D eigenvalue weighted by Crippen LogP contribution is 2.26. The zero-order chi connectivity index (χ0) is 21.0. The minimum absolute atomic E-state index is 0.0719. The van der Waals surface area contributed by atoms with Gasteiger partial charge in [0, 0.05) is 17.9 Å². The van der Waals surface area contributed by atoms with E-state index in [1.165, 1.54) is 19.3 Å². The number of esters is 1. The summed E-state index contributed by atoms with van der Waals surface area (Å²) in [5, 5.41) is 9.89. The second-order valence-electron chi connectivity index (χ2n) is 6.58. The Morgan fingerprint density at radius 3 is 2.68 bits per heavy atom. The van der Waals surface area contributed by atoms with Gasteiger partial charge in [-0.3, -0.25) is 9.59 Å². The van der Waals surface area contributed by atoms with Crippen LogP contribution in [0.4, 0.5) is 13.2 Å². The molecule has 1 aliphatic carbocycles. The number of carbonyl (C=O) groups is 2. The summed E-state index contributed by atoms with van der Waals surface area (Å²) in [5.74, 6) is -0.420. The molecular formula is C21H27F3O4. The number of halogens is 3. The summed E-state index contributed by atoms with van der Waals surface area (Å²) in [4.78, 5) is 23.0. The number of aliphatic hydroxyl groups is 1. The van der Waals surface area contributed by atoms with Gasteiger partial charge in [-0.25, -0.2) is 0 Å². The highest BCUT2D eigenvalue weighted by atomic mass is 19.4. The lowest BCUT2D eigenvalue weighted by Gasteiger charge is -2.10. The summed E-state index contributed by atoms with van der Waals surface area (Å²) in [6, 6.07) is 0. The van der Waals surface area contributed by atoms with Crippen LogP contribution in [0, 0.1) is 5.92 Å². The standard InChI is InChI=1S/C21H27F3O4/c1-28-20(27)10-5-3-2-4-8-16-11-14-19(26)18(16)13-12-17(25)9-6-7-15-21(22,23)24/h2,4,6-7,11,13-14,16-17,25H,3,5,8-10,12,15H2,1H3/b4-2-,7-6-,18-13+/t16-,17-/m0/s1. The van der Waals surface area contributed by atoms with Crippen LogP contribution in [0.15, 0.2) is 48.1 Å². The van der Waals surface area contributed by atoms with E-state index in [2.05, 4.69) is 4.74 Å². The number of hydrogen-bond acceptors (Lipinski definition) is 4. The average molecular weight is 400 g/mol. The molecule has 4 nitrogen and oxygen atoms in total. The fourth-order valence-corrected chi connectivity index (χ4v) is 2.70. The van der Waals surface area contributed by atoms with Crippen molar-refractivity contribution in [2.45, 2.75) is 57.2 Å². The van der Waals surface area contributed by atoms with Gasteiger partial charge in [-0.2, -0.15) is 13.2 Å². The van der Waals surface area contributed by atoms with E-state index in [4.69, 9.17) is 0 Å². The maximum atomic E-state index is 12.0. The Kier molecular flexibility index (Phi) is 10.5. The molecule has 0 unspecified atom stereocenters. The Hall–Kier alpha value is -2.15. The van der Waals surface area contributed by atoms with Gasteiger partial charge in [-0.15, -0.1) is 0 Å². The molecule has 0 aromatic carbocycles. The van der Waals surface area contributed by atoms with Crippen LogP contribution in [0.2, 0.25) is 0 Å². The second kappa shape index (κ2) is 12.3. The first-order valence-corrected chi connectivity index (χ1v) is 9.27. The number of alkyl halides is 3. The third kappa shape index (κ3) is 10.3. The van der Waals surface area contributed by atoms with Gasteiger partial charge in [0.15, 0.2) is 5.78 Å². The van der Waals surface area contributed by atoms with Crippen molar-refractivity contribution in [2.75, 3.05) is 7.11 Å². The van der Waals surface area contributed by atoms with E-state index in [0.717, 1.165) is 12.5 Å². The third-order valence-electron chi connectivity index (χ3n) is 4.23. The van der Waals surface area contributed by atoms with Crippen molar-refractivity contribution < 1.29 is 32.6 Å². The van der Waals surface area contributed by atoms with Gasteiger partial charge < -0.3 is 9.84 Å². The van der Waals surface area contributed by atoms with Gasteiger partial charge >= 0.3 is 12.1 Å². The van der Waals surface area contributed by atoms with Gasteiger partial charge in [-0.1, -0.05) is 36.5 Å². The van der Waals surface area contributed by atoms with Crippen LogP contribution in [-0.4, -0.2) is 36.2 Å². The van der Waals surface area contributed by atoms with E-state index >= 15 is 0 Å². The van der Waals surface area contributed by atoms with E-state index < -0.39 is 18.7 Å². The Bertz CT molecular complexity index is 630. The molecule has 7 heteroatoms. The smallest absolute Gasteiger partial charge is 0.392 e. The molecule has 0 radical (unpaired) electrons. The number of carbonyl (C=O) groups excluding carboxylic acids is 2. The highest BCUT2D eigenvalue weighted by Gasteiger charge is 2.24. The van der Waals surface area contributed by atoms with Gasteiger partial charge in [0.25, 0.3) is 0 Å². The first kappa shape index (κ1) is 23.9. The Balaban J connectivity index is 2.41. The molecule has 0 heterocycles. The number of aliphatic hydroxyl groups excluding tert-OH is 1. The lowest BCUT2D eigenvalue weighted by molar-refractivity contribution is -0.140. The zero-order valence-electron chi connectivity index (χ0n) is 16.0. The summed E-state index contributed by atoms with van der Waals surface area (Å²) in [7, 11) is 1.35. The number of ether oxygens (including phenoxy) is 1. The van der Waals surface area contributed by atoms with E-state index in [-0.39, 0.29) is 30.5 Å². The summed E-state index contributed by atoms with van der Waals surface area (Å²) < 4.78 is 40.7. The number of unbranched alkanes of at least 4 members (excludes halogenated alkanes) is 1. The van der Waals surface area contributed by atoms with Crippen molar-refractivity contribution in [3.05, 3.63) is 48.1 Å². The predicted molar refractivity (Wildman–Crippen MR) is 100 cm³/mol. The SMILES string of the molecule is COC(=O)CCC/C=C\C[C@H]1C=CC(=O)/C1=C/C[C@@H](O)C/C=C\CC(F)(F)F. The van der Waals surface area contributed by atoms with E-state index in [9.17, 15) is 27.9 Å². The largest absolute Gasteiger partial charge is 0.469 e. The first-order chi connectivity index (χ1) is 13.2. The summed E-state index contributed by atoms with van der Waals surface area (Å²) in [6.07, 6.45) is 7.82. The van der Waals surface area contributed by atoms with Crippen molar-refractivity contribution in [1.29, 1.82) is 0 Å². The molecule has 1 N–H and O–H groups in total. The minimum Gasteiger partial charge on any atom is -0.469 e. The average Bonchev–Trinajstić information content (AvgIpc) is 2.98. The molecule has 0 spiro atoms. The fraction of sp³-hybridized carbons (Fsp3) is 0.524. The molecular weight excluding hydrogens is 373 g/mol. The fourth-order valence-electron chi connectivity index (χ4n) is 2.70. The molecule has 0 aliphatic heterocycles. The molecule has 0 bridgehead atoms. The van der Waals surface area contributed by atoms with Gasteiger partial charge in [0.05, 0.1) is 19.6 Å². The lowest BCUT2D eigenvalue weighted by atomic mass is 9.96. The molecule has 156 valence electrons. The summed E-state index contributed by atoms with van der Waals surface area (Å²) >= 11 is 0. The van der Waals surface area contributed by atoms with Crippen molar-refractivity contribution in [3.8, 4) is 0 Å². The van der Waals surface area contributed by atoms with Crippen LogP contribution in [0.25, 0.3) is 0 Å². The van der Waals surface area contributed by atoms with Crippen molar-refractivity contribution in [3.63, 3.8) is 0 Å². The molecule has 0 amide bonds. The topological polar surface area (TPSA) is 63.6 Å². The Morgan fingerprint density at radius 1 is 1.25 bits per heavy atom. The van der Waals surface area contributed by atoms with Gasteiger partial charge in [0.1, 0.15) is 0 Å². The van der Waals surface area contributed by atoms with Crippen LogP contribution < -0.4 is 0 Å². The van der Waals surface area contributed by atoms with Gasteiger partial charge in [-0.05, 0) is 38.2 Å². The summed E-state index contributed by atoms with van der Waals surface area (Å²) in [6.45, 7) is 0. The normalized spacial score (nSPS) is 20.0. The Morgan fingerprint density at radius 2 is 2.00 bits per heavy atom. The first-order valence-electron chi connectivity index (χ1n) is 9.27. The molecule has 28 heavy (non-hydrogen) atoms. The predicted octanol–water partition coefficient (Wildman–Crippen LogP) is 4.61. The van der Waals surface area contributed by atoms with Gasteiger partial charge in [0.2, 0.25) is 0 Å². The number of methoxy groups -OCH3 is 1. The third-order valence-corrected chi connectivity index (χ3v) is 4.23. The minimum atomic E-state index is -4.24. The molecule has 0 fully saturated rings. The maximum absolute atomic E-state index is 12.0. The molecule has 1 aliphatic rings. The van der Waals surface area contributed by atoms with Crippen LogP contribution >= 0.6 is 0 Å². The van der Waals surface area contributed by atoms with E-state index in [1.54, 1.807) is 6.08 Å². The van der Waals surface area contributed by atoms with Crippen molar-refractivity contribution >= 4 is 11.8 Å². The molecule has 1 rings (SSSR count). The summed E-state index contributed by atoms with van der Waals surface area (Å²) in [5.41, 5.74) is 0.595. The van der Waals surface area contributed by atoms with E-state index in [1.807, 2.05) is 18.2 Å². The monoisotopic (exact) mass is 400 g/mol. The Labute approximate surface area is 163 Å². The van der Waals surface area contributed by atoms with Crippen LogP contribution in [-0.2, 0) is 14.3 Å². The van der Waals surface area contributed by atoms with E-state index in [0.29, 0.717) is 24.8 Å². The zero-order valence-corrected chi connectivity index (χ0v) is 16.0. The number of hydrogen-bond donors (Lipinski definition) is 1. The molecule has 0 saturated carbocycles. The maximum Gasteiger partial charge on any atom is 0.392 e. The number of rotatable bonds is 11. The number of ketones is 1. The second-order valence-corrected chi connectivity index (χ2v) is 6.58. The quantitative estimate of drug-likeness (QED) is 0.238. The number of allylic oxidation sites excluding steroid dienone is 6. The van der Waals surface area contributed by atoms with Crippen molar-refractivity contribution in [1.82, 2.24) is 0 Å². The van der Waals surface area contributed by atoms with Crippen LogP contribution in [0.1, 0.15) is 44.9 Å². The van der Waals surface area contributed by atoms with Crippen LogP contribution in [0.5, 0.6) is 0 Å². The highest BCUT2D eigenvalue weighted by molar-refractivity contribution is 6.07. The lowest BCUT2D eigenvalue weighted by Crippen LogP contribution is -2.08. The molecule has 0 aromatic heterocycles. The molecule has 0 aromatic rings. The van der Waals surface area contributed by atoms with Crippen LogP contribution in [0.3, 0.4) is 0 Å². The molecule has 2 atom stereocenters.